The molecule has 1 aromatic rings. The number of likely N-dealkylation sites (N-methyl/N-ethyl adjacent to an activating group) is 1. The highest BCUT2D eigenvalue weighted by Gasteiger charge is 2.06. The number of aliphatic hydroxyl groups excluding tert-OH is 1. The largest absolute Gasteiger partial charge is 0.395 e. The quantitative estimate of drug-likeness (QED) is 0.701. The van der Waals surface area contributed by atoms with Crippen molar-refractivity contribution in [3.05, 3.63) is 18.2 Å². The van der Waals surface area contributed by atoms with Crippen molar-refractivity contribution < 1.29 is 5.11 Å². The van der Waals surface area contributed by atoms with Crippen LogP contribution in [0.4, 0.5) is 0 Å². The van der Waals surface area contributed by atoms with Crippen molar-refractivity contribution in [3.8, 4) is 0 Å². The Balaban J connectivity index is 2.41. The summed E-state index contributed by atoms with van der Waals surface area (Å²) in [4.78, 5) is 4.26. The number of nitrogens with one attached hydrogen (secondary N) is 1. The van der Waals surface area contributed by atoms with Gasteiger partial charge in [0.1, 0.15) is 5.82 Å². The first kappa shape index (κ1) is 12.2. The number of nitrogens with zero attached hydrogens (tertiary/aromatic N) is 2. The first-order valence-electron chi connectivity index (χ1n) is 5.66. The Morgan fingerprint density at radius 3 is 2.93 bits per heavy atom. The van der Waals surface area contributed by atoms with Crippen LogP contribution < -0.4 is 5.32 Å². The zero-order valence-corrected chi connectivity index (χ0v) is 9.61. The number of aliphatic hydroxyl groups is 1. The van der Waals surface area contributed by atoms with Crippen LogP contribution in [-0.2, 0) is 13.0 Å². The molecule has 0 aromatic carbocycles. The van der Waals surface area contributed by atoms with E-state index in [4.69, 9.17) is 5.11 Å². The van der Waals surface area contributed by atoms with Gasteiger partial charge in [-0.2, -0.15) is 0 Å². The molecule has 0 saturated heterocycles. The molecule has 0 amide bonds. The minimum absolute atomic E-state index is 0.196. The van der Waals surface area contributed by atoms with Gasteiger partial charge in [-0.3, -0.25) is 0 Å². The monoisotopic (exact) mass is 211 g/mol. The Morgan fingerprint density at radius 2 is 2.33 bits per heavy atom. The number of aromatic nitrogens is 2. The van der Waals surface area contributed by atoms with Gasteiger partial charge in [-0.25, -0.2) is 4.98 Å². The van der Waals surface area contributed by atoms with Crippen molar-refractivity contribution in [2.75, 3.05) is 13.2 Å². The van der Waals surface area contributed by atoms with Gasteiger partial charge in [-0.05, 0) is 13.0 Å². The van der Waals surface area contributed by atoms with Crippen LogP contribution in [0.25, 0.3) is 0 Å². The highest BCUT2D eigenvalue weighted by atomic mass is 16.3. The van der Waals surface area contributed by atoms with Gasteiger partial charge in [0.25, 0.3) is 0 Å². The third-order valence-electron chi connectivity index (χ3n) is 2.55. The molecule has 0 aliphatic carbocycles. The average molecular weight is 211 g/mol. The molecule has 4 heteroatoms. The number of rotatable bonds is 7. The summed E-state index contributed by atoms with van der Waals surface area (Å²) in [5, 5.41) is 12.4. The maximum absolute atomic E-state index is 9.12. The van der Waals surface area contributed by atoms with Crippen LogP contribution in [0.15, 0.2) is 12.4 Å². The molecular weight excluding hydrogens is 190 g/mol. The molecule has 86 valence electrons. The Morgan fingerprint density at radius 1 is 1.53 bits per heavy atom. The van der Waals surface area contributed by atoms with E-state index in [2.05, 4.69) is 28.7 Å². The van der Waals surface area contributed by atoms with E-state index in [0.717, 1.165) is 31.8 Å². The van der Waals surface area contributed by atoms with Crippen LogP contribution in [-0.4, -0.2) is 33.9 Å². The topological polar surface area (TPSA) is 50.1 Å². The van der Waals surface area contributed by atoms with Gasteiger partial charge in [-0.1, -0.05) is 13.8 Å². The zero-order chi connectivity index (χ0) is 11.1. The molecule has 0 bridgehead atoms. The summed E-state index contributed by atoms with van der Waals surface area (Å²) in [6.45, 7) is 6.17. The summed E-state index contributed by atoms with van der Waals surface area (Å²) >= 11 is 0. The maximum atomic E-state index is 9.12. The van der Waals surface area contributed by atoms with Gasteiger partial charge in [0.2, 0.25) is 0 Å². The summed E-state index contributed by atoms with van der Waals surface area (Å²) in [5.41, 5.74) is 0. The SMILES string of the molecule is CCNC(CO)CCn1ccnc1CC. The second-order valence-corrected chi connectivity index (χ2v) is 3.62. The van der Waals surface area contributed by atoms with Crippen molar-refractivity contribution in [1.29, 1.82) is 0 Å². The van der Waals surface area contributed by atoms with E-state index in [1.54, 1.807) is 0 Å². The smallest absolute Gasteiger partial charge is 0.108 e. The summed E-state index contributed by atoms with van der Waals surface area (Å²) < 4.78 is 2.15. The van der Waals surface area contributed by atoms with Crippen LogP contribution in [0.2, 0.25) is 0 Å². The molecule has 0 aliphatic rings. The summed E-state index contributed by atoms with van der Waals surface area (Å²) in [5.74, 6) is 1.11. The van der Waals surface area contributed by atoms with Crippen LogP contribution in [0.5, 0.6) is 0 Å². The lowest BCUT2D eigenvalue weighted by Crippen LogP contribution is -2.33. The van der Waals surface area contributed by atoms with Crippen LogP contribution >= 0.6 is 0 Å². The molecule has 0 saturated carbocycles. The van der Waals surface area contributed by atoms with Crippen LogP contribution in [0, 0.1) is 0 Å². The molecule has 1 atom stereocenters. The molecule has 1 unspecified atom stereocenters. The minimum atomic E-state index is 0.196. The molecule has 1 rings (SSSR count). The molecule has 15 heavy (non-hydrogen) atoms. The van der Waals surface area contributed by atoms with Crippen LogP contribution in [0.1, 0.15) is 26.1 Å². The third kappa shape index (κ3) is 3.64. The summed E-state index contributed by atoms with van der Waals surface area (Å²) in [6, 6.07) is 0.196. The second kappa shape index (κ2) is 6.58. The van der Waals surface area contributed by atoms with Crippen molar-refractivity contribution in [2.24, 2.45) is 0 Å². The molecular formula is C11H21N3O. The van der Waals surface area contributed by atoms with E-state index in [1.165, 1.54) is 0 Å². The average Bonchev–Trinajstić information content (AvgIpc) is 2.71. The molecule has 0 fully saturated rings. The predicted molar refractivity (Wildman–Crippen MR) is 60.8 cm³/mol. The molecule has 1 heterocycles. The van der Waals surface area contributed by atoms with E-state index in [-0.39, 0.29) is 12.6 Å². The number of hydrogen-bond donors (Lipinski definition) is 2. The molecule has 0 aliphatic heterocycles. The maximum Gasteiger partial charge on any atom is 0.108 e. The van der Waals surface area contributed by atoms with E-state index in [9.17, 15) is 0 Å². The summed E-state index contributed by atoms with van der Waals surface area (Å²) in [6.07, 6.45) is 5.73. The predicted octanol–water partition coefficient (Wildman–Crippen LogP) is 0.806. The molecule has 1 aromatic heterocycles. The van der Waals surface area contributed by atoms with Gasteiger partial charge in [0, 0.05) is 31.4 Å². The normalized spacial score (nSPS) is 13.0. The highest BCUT2D eigenvalue weighted by Crippen LogP contribution is 2.02. The number of hydrogen-bond acceptors (Lipinski definition) is 3. The third-order valence-corrected chi connectivity index (χ3v) is 2.55. The van der Waals surface area contributed by atoms with E-state index in [1.807, 2.05) is 12.4 Å². The van der Waals surface area contributed by atoms with Gasteiger partial charge in [0.15, 0.2) is 0 Å². The van der Waals surface area contributed by atoms with E-state index < -0.39 is 0 Å². The first-order chi connectivity index (χ1) is 7.31. The molecule has 0 spiro atoms. The fraction of sp³-hybridized carbons (Fsp3) is 0.727. The summed E-state index contributed by atoms with van der Waals surface area (Å²) in [7, 11) is 0. The van der Waals surface area contributed by atoms with E-state index >= 15 is 0 Å². The molecule has 0 radical (unpaired) electrons. The zero-order valence-electron chi connectivity index (χ0n) is 9.61. The van der Waals surface area contributed by atoms with Gasteiger partial charge in [0.05, 0.1) is 6.61 Å². The number of aryl methyl sites for hydroxylation is 2. The highest BCUT2D eigenvalue weighted by molar-refractivity contribution is 4.91. The van der Waals surface area contributed by atoms with Gasteiger partial charge >= 0.3 is 0 Å². The standard InChI is InChI=1S/C11H21N3O/c1-3-11-13-6-8-14(11)7-5-10(9-15)12-4-2/h6,8,10,12,15H,3-5,7,9H2,1-2H3. The Hall–Kier alpha value is -0.870. The lowest BCUT2D eigenvalue weighted by atomic mass is 10.2. The van der Waals surface area contributed by atoms with Gasteiger partial charge in [-0.15, -0.1) is 0 Å². The van der Waals surface area contributed by atoms with E-state index in [0.29, 0.717) is 0 Å². The van der Waals surface area contributed by atoms with Crippen LogP contribution in [0.3, 0.4) is 0 Å². The van der Waals surface area contributed by atoms with Gasteiger partial charge < -0.3 is 15.0 Å². The molecule has 2 N–H and O–H groups in total. The minimum Gasteiger partial charge on any atom is -0.395 e. The van der Waals surface area contributed by atoms with Crippen molar-refractivity contribution in [2.45, 2.75) is 39.3 Å². The van der Waals surface area contributed by atoms with Crippen molar-refractivity contribution in [3.63, 3.8) is 0 Å². The van der Waals surface area contributed by atoms with Crippen molar-refractivity contribution >= 4 is 0 Å². The Labute approximate surface area is 91.3 Å². The molecule has 4 nitrogen and oxygen atoms in total. The fourth-order valence-corrected chi connectivity index (χ4v) is 1.70. The number of imidazole rings is 1. The second-order valence-electron chi connectivity index (χ2n) is 3.62. The van der Waals surface area contributed by atoms with Crippen molar-refractivity contribution in [1.82, 2.24) is 14.9 Å². The Kier molecular flexibility index (Phi) is 5.36. The first-order valence-corrected chi connectivity index (χ1v) is 5.66. The lowest BCUT2D eigenvalue weighted by molar-refractivity contribution is 0.233. The Bertz CT molecular complexity index is 273. The lowest BCUT2D eigenvalue weighted by Gasteiger charge is -2.15. The fourth-order valence-electron chi connectivity index (χ4n) is 1.70.